The van der Waals surface area contributed by atoms with E-state index in [1.54, 1.807) is 0 Å². The fourth-order valence-electron chi connectivity index (χ4n) is 5.11. The van der Waals surface area contributed by atoms with Gasteiger partial charge in [0.15, 0.2) is 35.4 Å². The van der Waals surface area contributed by atoms with Crippen molar-refractivity contribution in [2.75, 3.05) is 24.7 Å². The first kappa shape index (κ1) is 42.1. The predicted molar refractivity (Wildman–Crippen MR) is 171 cm³/mol. The van der Waals surface area contributed by atoms with Gasteiger partial charge in [0.05, 0.1) is 25.9 Å². The average molecular weight is 853 g/mol. The lowest BCUT2D eigenvalue weighted by Gasteiger charge is -2.21. The van der Waals surface area contributed by atoms with Crippen LogP contribution in [0.4, 0.5) is 11.6 Å². The standard InChI is InChI=1S/C20H28N10O19P4.H3N/c21-15-9-17(25-3-23-15)29(5-27-9)19-13(33)11(31)7(45-19)1-43-50(35,36)47-52(39,40)49-53(41,42)48-51(37,38)44-2-8-12(32)14(34)20(46-8)30-6-28-10-16(22)24-4-26-18(10)30;/h3-8,11-14,19-20,31-34H,1-2H2,(H,35,36)(H,37,38)(H,39,40)(H,41,42)(H2,21,23,25)(H2,22,24,26);1H3/t7-,8-,11-,12-,13-,14-,19-,20-;/m1./s1. The molecule has 0 aromatic carbocycles. The number of aromatic nitrogens is 8. The van der Waals surface area contributed by atoms with Gasteiger partial charge < -0.3 is 67.1 Å². The molecule has 30 nitrogen and oxygen atoms in total. The number of nitrogen functional groups attached to an aromatic ring is 2. The number of nitrogens with zero attached hydrogens (tertiary/aromatic N) is 8. The minimum absolute atomic E-state index is 0. The minimum atomic E-state index is -6.19. The summed E-state index contributed by atoms with van der Waals surface area (Å²) in [6, 6.07) is 0. The summed E-state index contributed by atoms with van der Waals surface area (Å²) < 4.78 is 83.4. The van der Waals surface area contributed by atoms with Gasteiger partial charge in [-0.2, -0.15) is 12.9 Å². The molecular formula is C20H31N11O19P4. The summed E-state index contributed by atoms with van der Waals surface area (Å²) in [6.07, 6.45) is -8.58. The summed E-state index contributed by atoms with van der Waals surface area (Å²) in [6.45, 7) is -2.22. The van der Waals surface area contributed by atoms with Crippen LogP contribution >= 0.6 is 31.3 Å². The van der Waals surface area contributed by atoms with Crippen molar-refractivity contribution in [1.29, 1.82) is 0 Å². The number of aliphatic hydroxyl groups excluding tert-OH is 4. The van der Waals surface area contributed by atoms with Gasteiger partial charge in [0.1, 0.15) is 60.3 Å². The number of fused-ring (bicyclic) bond motifs is 2. The Bertz CT molecular complexity index is 2040. The number of hydrogen-bond acceptors (Lipinski definition) is 24. The molecule has 4 aromatic rings. The monoisotopic (exact) mass is 853 g/mol. The molecule has 12 atom stereocenters. The molecular weight excluding hydrogens is 822 g/mol. The second-order valence-electron chi connectivity index (χ2n) is 11.0. The zero-order valence-corrected chi connectivity index (χ0v) is 30.2. The Balaban J connectivity index is 0.00000561. The first-order valence-corrected chi connectivity index (χ1v) is 20.3. The van der Waals surface area contributed by atoms with Crippen molar-refractivity contribution in [3.63, 3.8) is 0 Å². The van der Waals surface area contributed by atoms with Crippen LogP contribution in [0.3, 0.4) is 0 Å². The highest BCUT2D eigenvalue weighted by molar-refractivity contribution is 7.69. The first-order valence-electron chi connectivity index (χ1n) is 14.3. The summed E-state index contributed by atoms with van der Waals surface area (Å²) in [4.78, 5) is 63.0. The van der Waals surface area contributed by atoms with Crippen LogP contribution < -0.4 is 17.6 Å². The highest BCUT2D eigenvalue weighted by Crippen LogP contribution is 2.71. The summed E-state index contributed by atoms with van der Waals surface area (Å²) >= 11 is 0. The van der Waals surface area contributed by atoms with Crippen molar-refractivity contribution in [3.8, 4) is 0 Å². The largest absolute Gasteiger partial charge is 0.490 e. The maximum absolute atomic E-state index is 12.4. The summed E-state index contributed by atoms with van der Waals surface area (Å²) in [7, 11) is -23.9. The third kappa shape index (κ3) is 8.83. The summed E-state index contributed by atoms with van der Waals surface area (Å²) in [5, 5.41) is 41.8. The molecule has 34 heteroatoms. The van der Waals surface area contributed by atoms with Crippen molar-refractivity contribution in [3.05, 3.63) is 25.3 Å². The van der Waals surface area contributed by atoms with E-state index in [1.807, 2.05) is 0 Å². The zero-order chi connectivity index (χ0) is 38.7. The lowest BCUT2D eigenvalue weighted by molar-refractivity contribution is -0.0505. The van der Waals surface area contributed by atoms with Gasteiger partial charge in [0.25, 0.3) is 0 Å². The molecule has 2 aliphatic rings. The molecule has 0 spiro atoms. The van der Waals surface area contributed by atoms with Gasteiger partial charge in [0, 0.05) is 0 Å². The number of aliphatic hydroxyl groups is 4. The van der Waals surface area contributed by atoms with E-state index in [0.29, 0.717) is 0 Å². The number of rotatable bonds is 14. The smallest absolute Gasteiger partial charge is 0.387 e. The van der Waals surface area contributed by atoms with Crippen molar-refractivity contribution in [2.45, 2.75) is 49.1 Å². The van der Waals surface area contributed by atoms with Crippen LogP contribution in [0.15, 0.2) is 25.3 Å². The van der Waals surface area contributed by atoms with Crippen LogP contribution in [0.2, 0.25) is 0 Å². The second-order valence-corrected chi connectivity index (χ2v) is 17.2. The summed E-state index contributed by atoms with van der Waals surface area (Å²) in [5.41, 5.74) is 11.9. The van der Waals surface area contributed by atoms with Gasteiger partial charge in [-0.25, -0.2) is 48.2 Å². The molecule has 0 amide bonds. The van der Waals surface area contributed by atoms with Gasteiger partial charge in [-0.3, -0.25) is 18.2 Å². The fraction of sp³-hybridized carbons (Fsp3) is 0.500. The maximum atomic E-state index is 12.4. The van der Waals surface area contributed by atoms with Crippen molar-refractivity contribution >= 4 is 65.3 Å². The summed E-state index contributed by atoms with van der Waals surface area (Å²) in [5.74, 6) is -0.0284. The Kier molecular flexibility index (Phi) is 12.1. The Morgan fingerprint density at radius 1 is 0.593 bits per heavy atom. The molecule has 0 bridgehead atoms. The van der Waals surface area contributed by atoms with Crippen LogP contribution in [0.25, 0.3) is 22.3 Å². The van der Waals surface area contributed by atoms with Crippen molar-refractivity contribution in [2.24, 2.45) is 0 Å². The fourth-order valence-corrected chi connectivity index (χ4v) is 10.1. The lowest BCUT2D eigenvalue weighted by atomic mass is 10.1. The Hall–Kier alpha value is -3.02. The lowest BCUT2D eigenvalue weighted by Crippen LogP contribution is -2.33. The first-order chi connectivity index (χ1) is 24.7. The Morgan fingerprint density at radius 3 is 1.31 bits per heavy atom. The van der Waals surface area contributed by atoms with Crippen molar-refractivity contribution < 1.29 is 89.7 Å². The van der Waals surface area contributed by atoms with E-state index < -0.39 is 93.6 Å². The molecule has 15 N–H and O–H groups in total. The normalized spacial score (nSPS) is 30.4. The van der Waals surface area contributed by atoms with E-state index in [-0.39, 0.29) is 40.1 Å². The van der Waals surface area contributed by atoms with Gasteiger partial charge in [-0.15, -0.1) is 0 Å². The van der Waals surface area contributed by atoms with Gasteiger partial charge in [-0.1, -0.05) is 0 Å². The Labute approximate surface area is 299 Å². The average Bonchev–Trinajstić information content (AvgIpc) is 3.80. The van der Waals surface area contributed by atoms with Crippen LogP contribution in [-0.2, 0) is 49.7 Å². The molecule has 0 saturated carbocycles. The number of phosphoric acid groups is 4. The highest BCUT2D eigenvalue weighted by Gasteiger charge is 2.50. The molecule has 6 heterocycles. The van der Waals surface area contributed by atoms with E-state index in [2.05, 4.69) is 51.9 Å². The maximum Gasteiger partial charge on any atom is 0.490 e. The van der Waals surface area contributed by atoms with Crippen molar-refractivity contribution in [1.82, 2.24) is 45.2 Å². The van der Waals surface area contributed by atoms with Crippen LogP contribution in [-0.4, -0.2) is 129 Å². The SMILES string of the molecule is N.Nc1ncnc2c1ncn2[C@@H]1O[C@H](COP(=O)(O)OP(=O)(O)OP(=O)(O)OP(=O)(O)OC[C@H]2O[C@@H](n3cnc4c(N)ncnc43)[C@H](O)[C@@H]2O)[C@@H](O)[C@H]1O. The molecule has 2 aliphatic heterocycles. The predicted octanol–water partition coefficient (Wildman–Crippen LogP) is -2.28. The Morgan fingerprint density at radius 2 is 0.944 bits per heavy atom. The van der Waals surface area contributed by atoms with E-state index in [9.17, 15) is 58.3 Å². The van der Waals surface area contributed by atoms with E-state index in [0.717, 1.165) is 34.4 Å². The van der Waals surface area contributed by atoms with E-state index >= 15 is 0 Å². The number of hydrogen-bond donors (Lipinski definition) is 11. The molecule has 300 valence electrons. The zero-order valence-electron chi connectivity index (χ0n) is 26.6. The molecule has 4 unspecified atom stereocenters. The topological polar surface area (TPSA) is 469 Å². The third-order valence-electron chi connectivity index (χ3n) is 7.42. The second kappa shape index (κ2) is 15.5. The molecule has 54 heavy (non-hydrogen) atoms. The third-order valence-corrected chi connectivity index (χ3v) is 13.3. The van der Waals surface area contributed by atoms with E-state index in [4.69, 9.17) is 20.9 Å². The molecule has 4 aromatic heterocycles. The molecule has 2 fully saturated rings. The van der Waals surface area contributed by atoms with Crippen LogP contribution in [0.1, 0.15) is 12.5 Å². The molecule has 6 rings (SSSR count). The van der Waals surface area contributed by atoms with Crippen LogP contribution in [0, 0.1) is 0 Å². The van der Waals surface area contributed by atoms with Gasteiger partial charge in [0.2, 0.25) is 0 Å². The van der Waals surface area contributed by atoms with Gasteiger partial charge >= 0.3 is 31.3 Å². The van der Waals surface area contributed by atoms with Crippen LogP contribution in [0.5, 0.6) is 0 Å². The molecule has 0 aliphatic carbocycles. The molecule has 0 radical (unpaired) electrons. The number of nitrogens with two attached hydrogens (primary N) is 2. The number of ether oxygens (including phenoxy) is 2. The van der Waals surface area contributed by atoms with Gasteiger partial charge in [-0.05, 0) is 0 Å². The number of anilines is 2. The van der Waals surface area contributed by atoms with E-state index in [1.165, 1.54) is 0 Å². The number of phosphoric ester groups is 2. The minimum Gasteiger partial charge on any atom is -0.387 e. The quantitative estimate of drug-likeness (QED) is 0.0595. The molecule has 2 saturated heterocycles. The highest BCUT2D eigenvalue weighted by atomic mass is 31.3. The number of imidazole rings is 2.